The molecule has 0 fully saturated rings. The molecule has 0 unspecified atom stereocenters. The van der Waals surface area contributed by atoms with Gasteiger partial charge in [-0.05, 0) is 24.6 Å². The van der Waals surface area contributed by atoms with Gasteiger partial charge in [-0.25, -0.2) is 4.85 Å². The predicted octanol–water partition coefficient (Wildman–Crippen LogP) is 3.18. The molecular formula is C18H20N2O3. The van der Waals surface area contributed by atoms with Crippen LogP contribution in [0, 0.1) is 6.57 Å². The standard InChI is InChI=1S/C18H20N2O3/c1-13(2)14(3)23-11-10-20-18(21)16(19-4)12-15-8-6-7-9-17(15)22-5/h6-9,12H,1,3,10-11H2,2,5H3,(H,20,21)/b16-12-. The van der Waals surface area contributed by atoms with Crippen LogP contribution in [0.2, 0.25) is 0 Å². The molecule has 120 valence electrons. The largest absolute Gasteiger partial charge is 0.496 e. The average molecular weight is 312 g/mol. The summed E-state index contributed by atoms with van der Waals surface area (Å²) in [5.74, 6) is 0.618. The van der Waals surface area contributed by atoms with E-state index in [1.54, 1.807) is 19.1 Å². The van der Waals surface area contributed by atoms with E-state index in [0.29, 0.717) is 17.1 Å². The van der Waals surface area contributed by atoms with Gasteiger partial charge in [0.05, 0.1) is 20.2 Å². The monoisotopic (exact) mass is 312 g/mol. The normalized spacial score (nSPS) is 10.4. The maximum Gasteiger partial charge on any atom is 0.250 e. The van der Waals surface area contributed by atoms with Gasteiger partial charge >= 0.3 is 0 Å². The van der Waals surface area contributed by atoms with Crippen molar-refractivity contribution in [3.63, 3.8) is 0 Å². The number of allylic oxidation sites excluding steroid dienone is 1. The molecular weight excluding hydrogens is 292 g/mol. The maximum atomic E-state index is 12.0. The number of benzene rings is 1. The molecule has 0 aromatic heterocycles. The summed E-state index contributed by atoms with van der Waals surface area (Å²) in [6, 6.07) is 7.17. The molecule has 0 saturated carbocycles. The van der Waals surface area contributed by atoms with Crippen molar-refractivity contribution in [3.05, 3.63) is 71.4 Å². The van der Waals surface area contributed by atoms with Crippen LogP contribution in [0.15, 0.2) is 54.5 Å². The van der Waals surface area contributed by atoms with Gasteiger partial charge in [-0.2, -0.15) is 0 Å². The molecule has 0 aliphatic rings. The minimum atomic E-state index is -0.463. The Morgan fingerprint density at radius 3 is 2.70 bits per heavy atom. The summed E-state index contributed by atoms with van der Waals surface area (Å²) in [4.78, 5) is 15.3. The number of nitrogens with one attached hydrogen (secondary N) is 1. The van der Waals surface area contributed by atoms with Crippen LogP contribution in [-0.2, 0) is 9.53 Å². The molecule has 1 aromatic rings. The highest BCUT2D eigenvalue weighted by atomic mass is 16.5. The van der Waals surface area contributed by atoms with E-state index < -0.39 is 5.91 Å². The fourth-order valence-electron chi connectivity index (χ4n) is 1.63. The molecule has 0 radical (unpaired) electrons. The molecule has 0 spiro atoms. The molecule has 0 heterocycles. The average Bonchev–Trinajstić information content (AvgIpc) is 2.56. The zero-order chi connectivity index (χ0) is 17.2. The fourth-order valence-corrected chi connectivity index (χ4v) is 1.63. The molecule has 0 saturated heterocycles. The Kier molecular flexibility index (Phi) is 7.15. The summed E-state index contributed by atoms with van der Waals surface area (Å²) < 4.78 is 10.5. The van der Waals surface area contributed by atoms with Crippen LogP contribution in [0.3, 0.4) is 0 Å². The Morgan fingerprint density at radius 1 is 1.39 bits per heavy atom. The van der Waals surface area contributed by atoms with E-state index in [9.17, 15) is 4.79 Å². The minimum Gasteiger partial charge on any atom is -0.496 e. The Labute approximate surface area is 136 Å². The topological polar surface area (TPSA) is 51.9 Å². The van der Waals surface area contributed by atoms with Gasteiger partial charge in [-0.1, -0.05) is 31.4 Å². The number of amides is 1. The van der Waals surface area contributed by atoms with Crippen LogP contribution >= 0.6 is 0 Å². The van der Waals surface area contributed by atoms with Gasteiger partial charge in [0.2, 0.25) is 5.91 Å². The smallest absolute Gasteiger partial charge is 0.250 e. The maximum absolute atomic E-state index is 12.0. The van der Waals surface area contributed by atoms with Crippen LogP contribution in [0.1, 0.15) is 12.5 Å². The third-order valence-corrected chi connectivity index (χ3v) is 2.92. The molecule has 0 atom stereocenters. The lowest BCUT2D eigenvalue weighted by atomic mass is 10.1. The van der Waals surface area contributed by atoms with Crippen molar-refractivity contribution in [1.29, 1.82) is 0 Å². The first-order valence-corrected chi connectivity index (χ1v) is 6.97. The number of methoxy groups -OCH3 is 1. The SMILES string of the molecule is [C-]#[N+]/C(=C\c1ccccc1OC)C(=O)NCCOC(=C)C(=C)C. The number of rotatable bonds is 8. The van der Waals surface area contributed by atoms with Crippen molar-refractivity contribution >= 4 is 12.0 Å². The highest BCUT2D eigenvalue weighted by Gasteiger charge is 2.10. The Balaban J connectivity index is 2.66. The van der Waals surface area contributed by atoms with Crippen LogP contribution in [-0.4, -0.2) is 26.2 Å². The van der Waals surface area contributed by atoms with Gasteiger partial charge in [0.1, 0.15) is 18.1 Å². The first-order chi connectivity index (χ1) is 11.0. The first-order valence-electron chi connectivity index (χ1n) is 6.97. The Hall–Kier alpha value is -3.00. The van der Waals surface area contributed by atoms with Gasteiger partial charge in [-0.3, -0.25) is 4.79 Å². The molecule has 0 aliphatic heterocycles. The van der Waals surface area contributed by atoms with Gasteiger partial charge in [0.25, 0.3) is 5.70 Å². The lowest BCUT2D eigenvalue weighted by Gasteiger charge is -2.09. The molecule has 0 bridgehead atoms. The molecule has 1 rings (SSSR count). The van der Waals surface area contributed by atoms with Crippen molar-refractivity contribution in [3.8, 4) is 5.75 Å². The van der Waals surface area contributed by atoms with Crippen LogP contribution in [0.4, 0.5) is 0 Å². The van der Waals surface area contributed by atoms with Crippen molar-refractivity contribution in [2.24, 2.45) is 0 Å². The highest BCUT2D eigenvalue weighted by molar-refractivity contribution is 5.99. The number of para-hydroxylation sites is 1. The summed E-state index contributed by atoms with van der Waals surface area (Å²) in [5, 5.41) is 2.63. The third kappa shape index (κ3) is 5.71. The Bertz CT molecular complexity index is 669. The van der Waals surface area contributed by atoms with Crippen LogP contribution in [0.25, 0.3) is 10.9 Å². The summed E-state index contributed by atoms with van der Waals surface area (Å²) in [6.45, 7) is 16.9. The predicted molar refractivity (Wildman–Crippen MR) is 90.5 cm³/mol. The van der Waals surface area contributed by atoms with Gasteiger partial charge in [-0.15, -0.1) is 0 Å². The van der Waals surface area contributed by atoms with Crippen molar-refractivity contribution in [2.75, 3.05) is 20.3 Å². The number of hydrogen-bond donors (Lipinski definition) is 1. The molecule has 1 amide bonds. The number of carbonyl (C=O) groups is 1. The molecule has 5 heteroatoms. The zero-order valence-electron chi connectivity index (χ0n) is 13.4. The number of hydrogen-bond acceptors (Lipinski definition) is 3. The summed E-state index contributed by atoms with van der Waals surface area (Å²) >= 11 is 0. The van der Waals surface area contributed by atoms with Crippen molar-refractivity contribution < 1.29 is 14.3 Å². The molecule has 1 N–H and O–H groups in total. The highest BCUT2D eigenvalue weighted by Crippen LogP contribution is 2.20. The second kappa shape index (κ2) is 9.11. The van der Waals surface area contributed by atoms with E-state index in [4.69, 9.17) is 16.0 Å². The van der Waals surface area contributed by atoms with Gasteiger partial charge in [0, 0.05) is 5.56 Å². The lowest BCUT2D eigenvalue weighted by molar-refractivity contribution is -0.117. The molecule has 5 nitrogen and oxygen atoms in total. The zero-order valence-corrected chi connectivity index (χ0v) is 13.4. The third-order valence-electron chi connectivity index (χ3n) is 2.92. The van der Waals surface area contributed by atoms with E-state index in [1.165, 1.54) is 13.2 Å². The lowest BCUT2D eigenvalue weighted by Crippen LogP contribution is -2.27. The van der Waals surface area contributed by atoms with Crippen molar-refractivity contribution in [2.45, 2.75) is 6.92 Å². The first kappa shape index (κ1) is 18.1. The molecule has 1 aromatic carbocycles. The van der Waals surface area contributed by atoms with Gasteiger partial charge in [0.15, 0.2) is 0 Å². The van der Waals surface area contributed by atoms with E-state index in [1.807, 2.05) is 12.1 Å². The molecule has 23 heavy (non-hydrogen) atoms. The number of ether oxygens (including phenoxy) is 2. The number of carbonyl (C=O) groups excluding carboxylic acids is 1. The quantitative estimate of drug-likeness (QED) is 0.264. The summed E-state index contributed by atoms with van der Waals surface area (Å²) in [5.41, 5.74) is 1.38. The number of nitrogens with zero attached hydrogens (tertiary/aromatic N) is 1. The fraction of sp³-hybridized carbons (Fsp3) is 0.222. The van der Waals surface area contributed by atoms with Gasteiger partial charge < -0.3 is 14.8 Å². The van der Waals surface area contributed by atoms with E-state index in [0.717, 1.165) is 5.57 Å². The van der Waals surface area contributed by atoms with Crippen LogP contribution < -0.4 is 10.1 Å². The second-order valence-electron chi connectivity index (χ2n) is 4.69. The van der Waals surface area contributed by atoms with E-state index in [-0.39, 0.29) is 18.8 Å². The van der Waals surface area contributed by atoms with Crippen molar-refractivity contribution in [1.82, 2.24) is 5.32 Å². The van der Waals surface area contributed by atoms with E-state index in [2.05, 4.69) is 23.3 Å². The molecule has 0 aliphatic carbocycles. The summed E-state index contributed by atoms with van der Waals surface area (Å²) in [7, 11) is 1.54. The summed E-state index contributed by atoms with van der Waals surface area (Å²) in [6.07, 6.45) is 1.49. The second-order valence-corrected chi connectivity index (χ2v) is 4.69. The van der Waals surface area contributed by atoms with E-state index >= 15 is 0 Å². The Morgan fingerprint density at radius 2 is 2.09 bits per heavy atom. The minimum absolute atomic E-state index is 0.0202. The van der Waals surface area contributed by atoms with Crippen LogP contribution in [0.5, 0.6) is 5.75 Å².